The molecular formula is C25H32N6. The molecule has 6 rings (SSSR count). The number of nitrogens with zero attached hydrogens (tertiary/aromatic N) is 4. The number of para-hydroxylation sites is 1. The third-order valence-electron chi connectivity index (χ3n) is 7.78. The number of aromatic nitrogens is 3. The van der Waals surface area contributed by atoms with Gasteiger partial charge in [0.2, 0.25) is 0 Å². The van der Waals surface area contributed by atoms with Crippen LogP contribution in [0.4, 0.5) is 5.69 Å². The van der Waals surface area contributed by atoms with Gasteiger partial charge in [0, 0.05) is 31.4 Å². The van der Waals surface area contributed by atoms with Crippen molar-refractivity contribution in [3.05, 3.63) is 53.6 Å². The predicted molar refractivity (Wildman–Crippen MR) is 124 cm³/mol. The highest BCUT2D eigenvalue weighted by Gasteiger charge is 2.49. The number of imidazole rings is 1. The van der Waals surface area contributed by atoms with Gasteiger partial charge >= 0.3 is 0 Å². The van der Waals surface area contributed by atoms with Gasteiger partial charge in [0.15, 0.2) is 0 Å². The van der Waals surface area contributed by atoms with Crippen LogP contribution >= 0.6 is 0 Å². The fraction of sp³-hybridized carbons (Fsp3) is 0.520. The lowest BCUT2D eigenvalue weighted by molar-refractivity contribution is 0.199. The minimum Gasteiger partial charge on any atom is -0.367 e. The molecule has 0 bridgehead atoms. The van der Waals surface area contributed by atoms with Gasteiger partial charge in [-0.1, -0.05) is 12.1 Å². The van der Waals surface area contributed by atoms with Crippen LogP contribution in [0.2, 0.25) is 0 Å². The Morgan fingerprint density at radius 1 is 1.06 bits per heavy atom. The van der Waals surface area contributed by atoms with Crippen LogP contribution in [0.3, 0.4) is 0 Å². The van der Waals surface area contributed by atoms with Gasteiger partial charge in [-0.15, -0.1) is 0 Å². The average molecular weight is 417 g/mol. The molecule has 3 fully saturated rings. The molecule has 3 aliphatic rings. The van der Waals surface area contributed by atoms with Crippen LogP contribution < -0.4 is 10.2 Å². The molecule has 1 spiro atoms. The van der Waals surface area contributed by atoms with E-state index in [-0.39, 0.29) is 6.04 Å². The highest BCUT2D eigenvalue weighted by Crippen LogP contribution is 2.45. The number of likely N-dealkylation sites (N-methyl/N-ethyl adjacent to an activating group) is 1. The van der Waals surface area contributed by atoms with E-state index in [9.17, 15) is 0 Å². The van der Waals surface area contributed by atoms with Crippen molar-refractivity contribution in [3.8, 4) is 0 Å². The third-order valence-corrected chi connectivity index (χ3v) is 7.78. The minimum absolute atomic E-state index is 0.239. The fourth-order valence-corrected chi connectivity index (χ4v) is 5.64. The summed E-state index contributed by atoms with van der Waals surface area (Å²) < 4.78 is 0. The number of hydrogen-bond acceptors (Lipinski definition) is 5. The molecular weight excluding hydrogens is 384 g/mol. The van der Waals surface area contributed by atoms with E-state index < -0.39 is 0 Å². The molecule has 6 heteroatoms. The van der Waals surface area contributed by atoms with Crippen molar-refractivity contribution in [3.63, 3.8) is 0 Å². The molecule has 2 saturated heterocycles. The summed E-state index contributed by atoms with van der Waals surface area (Å²) in [6.07, 6.45) is 7.97. The zero-order chi connectivity index (χ0) is 21.0. The monoisotopic (exact) mass is 416 g/mol. The van der Waals surface area contributed by atoms with Crippen molar-refractivity contribution in [1.82, 2.24) is 25.2 Å². The van der Waals surface area contributed by atoms with E-state index in [2.05, 4.69) is 63.3 Å². The van der Waals surface area contributed by atoms with E-state index >= 15 is 0 Å². The summed E-state index contributed by atoms with van der Waals surface area (Å²) in [6, 6.07) is 11.3. The summed E-state index contributed by atoms with van der Waals surface area (Å²) in [4.78, 5) is 18.6. The number of piperidine rings is 1. The first kappa shape index (κ1) is 19.3. The summed E-state index contributed by atoms with van der Waals surface area (Å²) in [5.41, 5.74) is 6.39. The van der Waals surface area contributed by atoms with Crippen LogP contribution in [0.25, 0.3) is 11.0 Å². The predicted octanol–water partition coefficient (Wildman–Crippen LogP) is 4.11. The Labute approximate surface area is 184 Å². The SMILES string of the molecule is Cc1cccnc1C1CCCC(c2nc3c(N4CCN(C)C5(CC5)C4)cccc3[nH]2)N1. The molecule has 31 heavy (non-hydrogen) atoms. The minimum atomic E-state index is 0.239. The molecule has 0 radical (unpaired) electrons. The standard InChI is InChI=1S/C25H32N6/c1-17-6-5-13-26-22(17)18-7-3-9-20(27-18)24-28-19-8-4-10-21(23(19)29-24)31-15-14-30(2)25(16-31)11-12-25/h4-6,8,10,13,18,20,27H,3,7,9,11-12,14-16H2,1-2H3,(H,28,29). The third kappa shape index (κ3) is 3.33. The van der Waals surface area contributed by atoms with Gasteiger partial charge in [-0.05, 0) is 69.8 Å². The average Bonchev–Trinajstić information content (AvgIpc) is 3.42. The number of piperazine rings is 1. The van der Waals surface area contributed by atoms with Gasteiger partial charge in [0.25, 0.3) is 0 Å². The fourth-order valence-electron chi connectivity index (χ4n) is 5.64. The molecule has 162 valence electrons. The number of benzene rings is 1. The van der Waals surface area contributed by atoms with Crippen LogP contribution in [0.5, 0.6) is 0 Å². The summed E-state index contributed by atoms with van der Waals surface area (Å²) in [5.74, 6) is 1.07. The molecule has 1 aromatic carbocycles. The number of pyridine rings is 1. The van der Waals surface area contributed by atoms with E-state index in [1.807, 2.05) is 12.3 Å². The number of rotatable bonds is 3. The quantitative estimate of drug-likeness (QED) is 0.673. The number of aromatic amines is 1. The van der Waals surface area contributed by atoms with Gasteiger partial charge in [-0.2, -0.15) is 0 Å². The highest BCUT2D eigenvalue weighted by atomic mass is 15.3. The molecule has 6 nitrogen and oxygen atoms in total. The number of nitrogens with one attached hydrogen (secondary N) is 2. The van der Waals surface area contributed by atoms with Gasteiger partial charge in [0.1, 0.15) is 11.3 Å². The normalized spacial score (nSPS) is 25.9. The van der Waals surface area contributed by atoms with Gasteiger partial charge in [-0.3, -0.25) is 15.2 Å². The van der Waals surface area contributed by atoms with Gasteiger partial charge in [-0.25, -0.2) is 4.98 Å². The number of hydrogen-bond donors (Lipinski definition) is 2. The zero-order valence-electron chi connectivity index (χ0n) is 18.6. The van der Waals surface area contributed by atoms with Crippen LogP contribution in [0.15, 0.2) is 36.5 Å². The first-order chi connectivity index (χ1) is 15.1. The Hall–Kier alpha value is -2.44. The topological polar surface area (TPSA) is 60.1 Å². The van der Waals surface area contributed by atoms with Crippen molar-refractivity contribution < 1.29 is 0 Å². The number of aryl methyl sites for hydroxylation is 1. The van der Waals surface area contributed by atoms with Gasteiger partial charge in [0.05, 0.1) is 29.0 Å². The summed E-state index contributed by atoms with van der Waals surface area (Å²) in [6.45, 7) is 5.47. The first-order valence-corrected chi connectivity index (χ1v) is 11.8. The Balaban J connectivity index is 1.29. The van der Waals surface area contributed by atoms with Crippen LogP contribution in [0.1, 0.15) is 61.3 Å². The molecule has 2 aliphatic heterocycles. The largest absolute Gasteiger partial charge is 0.367 e. The smallest absolute Gasteiger partial charge is 0.124 e. The van der Waals surface area contributed by atoms with Crippen molar-refractivity contribution >= 4 is 16.7 Å². The van der Waals surface area contributed by atoms with Crippen molar-refractivity contribution in [2.45, 2.75) is 56.7 Å². The van der Waals surface area contributed by atoms with E-state index in [4.69, 9.17) is 4.98 Å². The van der Waals surface area contributed by atoms with E-state index in [1.54, 1.807) is 0 Å². The first-order valence-electron chi connectivity index (χ1n) is 11.8. The highest BCUT2D eigenvalue weighted by molar-refractivity contribution is 5.89. The molecule has 2 unspecified atom stereocenters. The van der Waals surface area contributed by atoms with E-state index in [1.165, 1.54) is 36.2 Å². The second-order valence-electron chi connectivity index (χ2n) is 9.77. The van der Waals surface area contributed by atoms with Crippen LogP contribution in [-0.4, -0.2) is 52.1 Å². The second kappa shape index (κ2) is 7.31. The molecule has 4 heterocycles. The van der Waals surface area contributed by atoms with E-state index in [0.29, 0.717) is 11.6 Å². The summed E-state index contributed by atoms with van der Waals surface area (Å²) >= 11 is 0. The number of fused-ring (bicyclic) bond motifs is 1. The summed E-state index contributed by atoms with van der Waals surface area (Å²) in [5, 5.41) is 3.84. The number of H-pyrrole nitrogens is 1. The Bertz CT molecular complexity index is 1100. The van der Waals surface area contributed by atoms with Crippen LogP contribution in [0, 0.1) is 6.92 Å². The molecule has 1 saturated carbocycles. The lowest BCUT2D eigenvalue weighted by Gasteiger charge is -2.41. The van der Waals surface area contributed by atoms with Crippen molar-refractivity contribution in [2.24, 2.45) is 0 Å². The maximum Gasteiger partial charge on any atom is 0.124 e. The lowest BCUT2D eigenvalue weighted by atomic mass is 9.94. The molecule has 1 aliphatic carbocycles. The Morgan fingerprint density at radius 2 is 1.94 bits per heavy atom. The Morgan fingerprint density at radius 3 is 2.77 bits per heavy atom. The Kier molecular flexibility index (Phi) is 4.54. The molecule has 3 aromatic rings. The lowest BCUT2D eigenvalue weighted by Crippen LogP contribution is -2.53. The van der Waals surface area contributed by atoms with Gasteiger partial charge < -0.3 is 9.88 Å². The van der Waals surface area contributed by atoms with Crippen LogP contribution in [-0.2, 0) is 0 Å². The molecule has 2 aromatic heterocycles. The molecule has 0 amide bonds. The summed E-state index contributed by atoms with van der Waals surface area (Å²) in [7, 11) is 2.28. The molecule has 2 atom stereocenters. The van der Waals surface area contributed by atoms with Crippen molar-refractivity contribution in [2.75, 3.05) is 31.6 Å². The maximum atomic E-state index is 5.16. The zero-order valence-corrected chi connectivity index (χ0v) is 18.6. The second-order valence-corrected chi connectivity index (χ2v) is 9.77. The van der Waals surface area contributed by atoms with E-state index in [0.717, 1.165) is 49.3 Å². The maximum absolute atomic E-state index is 5.16. The van der Waals surface area contributed by atoms with Crippen molar-refractivity contribution in [1.29, 1.82) is 0 Å². The number of anilines is 1. The molecule has 2 N–H and O–H groups in total.